The van der Waals surface area contributed by atoms with Gasteiger partial charge in [0.1, 0.15) is 0 Å². The Balaban J connectivity index is 1.63. The largest absolute Gasteiger partial charge is 0.0620 e. The van der Waals surface area contributed by atoms with E-state index in [4.69, 9.17) is 0 Å². The molecule has 21 heavy (non-hydrogen) atoms. The minimum Gasteiger partial charge on any atom is -0.0620 e. The van der Waals surface area contributed by atoms with Crippen molar-refractivity contribution in [1.82, 2.24) is 0 Å². The Bertz CT molecular complexity index is 284. The van der Waals surface area contributed by atoms with Crippen molar-refractivity contribution in [2.45, 2.75) is 117 Å². The van der Waals surface area contributed by atoms with E-state index in [9.17, 15) is 0 Å². The second-order valence-corrected chi connectivity index (χ2v) is 9.09. The molecule has 2 saturated carbocycles. The van der Waals surface area contributed by atoms with Crippen LogP contribution in [0.15, 0.2) is 0 Å². The van der Waals surface area contributed by atoms with Crippen LogP contribution in [0.3, 0.4) is 0 Å². The van der Waals surface area contributed by atoms with Gasteiger partial charge in [0.05, 0.1) is 0 Å². The summed E-state index contributed by atoms with van der Waals surface area (Å²) in [5, 5.41) is 0. The molecular formula is C21H40. The van der Waals surface area contributed by atoms with Crippen molar-refractivity contribution >= 4 is 0 Å². The summed E-state index contributed by atoms with van der Waals surface area (Å²) in [6.45, 7) is 7.65. The molecule has 0 aromatic carbocycles. The maximum Gasteiger partial charge on any atom is -0.0300 e. The Labute approximate surface area is 134 Å². The van der Waals surface area contributed by atoms with E-state index >= 15 is 0 Å². The van der Waals surface area contributed by atoms with Crippen LogP contribution in [0.2, 0.25) is 0 Å². The van der Waals surface area contributed by atoms with E-state index in [-0.39, 0.29) is 0 Å². The highest BCUT2D eigenvalue weighted by atomic mass is 14.4. The first kappa shape index (κ1) is 17.4. The Morgan fingerprint density at radius 2 is 1.33 bits per heavy atom. The van der Waals surface area contributed by atoms with Crippen molar-refractivity contribution < 1.29 is 0 Å². The molecule has 2 unspecified atom stereocenters. The molecule has 0 amide bonds. The topological polar surface area (TPSA) is 0 Å². The molecule has 124 valence electrons. The van der Waals surface area contributed by atoms with Crippen molar-refractivity contribution in [3.8, 4) is 0 Å². The SMILES string of the molecule is CC1CCCCC1(C)CCCCCC1(C)CCCCCC1. The minimum absolute atomic E-state index is 0.671. The van der Waals surface area contributed by atoms with Gasteiger partial charge in [0.25, 0.3) is 0 Å². The highest BCUT2D eigenvalue weighted by Crippen LogP contribution is 2.45. The summed E-state index contributed by atoms with van der Waals surface area (Å²) < 4.78 is 0. The Morgan fingerprint density at radius 1 is 0.714 bits per heavy atom. The molecule has 0 aliphatic heterocycles. The van der Waals surface area contributed by atoms with Crippen LogP contribution in [0.25, 0.3) is 0 Å². The molecule has 0 aromatic rings. The van der Waals surface area contributed by atoms with Gasteiger partial charge >= 0.3 is 0 Å². The molecule has 0 saturated heterocycles. The molecule has 2 aliphatic rings. The second kappa shape index (κ2) is 8.02. The third-order valence-electron chi connectivity index (χ3n) is 7.16. The van der Waals surface area contributed by atoms with E-state index in [1.54, 1.807) is 0 Å². The molecule has 0 aromatic heterocycles. The lowest BCUT2D eigenvalue weighted by Crippen LogP contribution is -2.28. The smallest absolute Gasteiger partial charge is 0.0300 e. The fraction of sp³-hybridized carbons (Fsp3) is 1.00. The first-order valence-corrected chi connectivity index (χ1v) is 10.0. The van der Waals surface area contributed by atoms with Gasteiger partial charge in [-0.3, -0.25) is 0 Å². The molecule has 0 heterocycles. The van der Waals surface area contributed by atoms with Gasteiger partial charge in [0.15, 0.2) is 0 Å². The van der Waals surface area contributed by atoms with Gasteiger partial charge in [0.2, 0.25) is 0 Å². The molecule has 0 nitrogen and oxygen atoms in total. The first-order valence-electron chi connectivity index (χ1n) is 10.0. The maximum atomic E-state index is 2.57. The average molecular weight is 293 g/mol. The first-order chi connectivity index (χ1) is 10.0. The molecule has 0 spiro atoms. The zero-order valence-electron chi connectivity index (χ0n) is 15.2. The molecule has 2 fully saturated rings. The summed E-state index contributed by atoms with van der Waals surface area (Å²) in [6, 6.07) is 0. The summed E-state index contributed by atoms with van der Waals surface area (Å²) in [4.78, 5) is 0. The van der Waals surface area contributed by atoms with E-state index in [1.807, 2.05) is 0 Å². The van der Waals surface area contributed by atoms with Crippen molar-refractivity contribution in [3.05, 3.63) is 0 Å². The van der Waals surface area contributed by atoms with Gasteiger partial charge in [0, 0.05) is 0 Å². The summed E-state index contributed by atoms with van der Waals surface area (Å²) in [5.41, 5.74) is 1.36. The molecule has 0 N–H and O–H groups in total. The molecule has 2 atom stereocenters. The summed E-state index contributed by atoms with van der Waals surface area (Å²) in [6.07, 6.45) is 22.4. The van der Waals surface area contributed by atoms with E-state index in [1.165, 1.54) is 96.3 Å². The molecule has 0 radical (unpaired) electrons. The van der Waals surface area contributed by atoms with Crippen LogP contribution in [-0.2, 0) is 0 Å². The van der Waals surface area contributed by atoms with Crippen LogP contribution < -0.4 is 0 Å². The normalized spacial score (nSPS) is 33.6. The highest BCUT2D eigenvalue weighted by Gasteiger charge is 2.32. The van der Waals surface area contributed by atoms with E-state index < -0.39 is 0 Å². The lowest BCUT2D eigenvalue weighted by Gasteiger charge is -2.40. The zero-order chi connectivity index (χ0) is 15.2. The standard InChI is InChI=1S/C21H40/c1-19-13-7-12-18-21(19,3)17-11-6-10-16-20(2)14-8-4-5-9-15-20/h19H,4-18H2,1-3H3. The van der Waals surface area contributed by atoms with Gasteiger partial charge in [-0.25, -0.2) is 0 Å². The van der Waals surface area contributed by atoms with E-state index in [0.29, 0.717) is 10.8 Å². The Hall–Kier alpha value is 0. The second-order valence-electron chi connectivity index (χ2n) is 9.09. The molecule has 0 bridgehead atoms. The minimum atomic E-state index is 0.671. The molecule has 2 rings (SSSR count). The summed E-state index contributed by atoms with van der Waals surface area (Å²) in [5.74, 6) is 0.964. The lowest BCUT2D eigenvalue weighted by atomic mass is 9.66. The predicted molar refractivity (Wildman–Crippen MR) is 94.6 cm³/mol. The Kier molecular flexibility index (Phi) is 6.63. The van der Waals surface area contributed by atoms with E-state index in [0.717, 1.165) is 5.92 Å². The van der Waals surface area contributed by atoms with Crippen molar-refractivity contribution in [2.75, 3.05) is 0 Å². The predicted octanol–water partition coefficient (Wildman–Crippen LogP) is 7.51. The summed E-state index contributed by atoms with van der Waals surface area (Å²) >= 11 is 0. The highest BCUT2D eigenvalue weighted by molar-refractivity contribution is 4.84. The van der Waals surface area contributed by atoms with Crippen LogP contribution in [0, 0.1) is 16.7 Å². The van der Waals surface area contributed by atoms with E-state index in [2.05, 4.69) is 20.8 Å². The third kappa shape index (κ3) is 5.29. The third-order valence-corrected chi connectivity index (χ3v) is 7.16. The van der Waals surface area contributed by atoms with Crippen molar-refractivity contribution in [3.63, 3.8) is 0 Å². The van der Waals surface area contributed by atoms with Gasteiger partial charge in [-0.05, 0) is 48.9 Å². The average Bonchev–Trinajstić information content (AvgIpc) is 2.67. The fourth-order valence-corrected chi connectivity index (χ4v) is 5.04. The van der Waals surface area contributed by atoms with Crippen LogP contribution in [0.1, 0.15) is 117 Å². The van der Waals surface area contributed by atoms with Gasteiger partial charge in [-0.1, -0.05) is 85.0 Å². The monoisotopic (exact) mass is 292 g/mol. The van der Waals surface area contributed by atoms with Gasteiger partial charge in [-0.15, -0.1) is 0 Å². The molecule has 0 heteroatoms. The number of hydrogen-bond donors (Lipinski definition) is 0. The van der Waals surface area contributed by atoms with Crippen molar-refractivity contribution in [1.29, 1.82) is 0 Å². The number of hydrogen-bond acceptors (Lipinski definition) is 0. The summed E-state index contributed by atoms with van der Waals surface area (Å²) in [7, 11) is 0. The van der Waals surface area contributed by atoms with Crippen LogP contribution in [0.5, 0.6) is 0 Å². The fourth-order valence-electron chi connectivity index (χ4n) is 5.04. The van der Waals surface area contributed by atoms with Crippen LogP contribution in [-0.4, -0.2) is 0 Å². The maximum absolute atomic E-state index is 2.57. The van der Waals surface area contributed by atoms with Gasteiger partial charge in [-0.2, -0.15) is 0 Å². The molecular weight excluding hydrogens is 252 g/mol. The van der Waals surface area contributed by atoms with Crippen LogP contribution >= 0.6 is 0 Å². The van der Waals surface area contributed by atoms with Crippen molar-refractivity contribution in [2.24, 2.45) is 16.7 Å². The Morgan fingerprint density at radius 3 is 2.00 bits per heavy atom. The zero-order valence-corrected chi connectivity index (χ0v) is 15.2. The lowest BCUT2D eigenvalue weighted by molar-refractivity contribution is 0.113. The quantitative estimate of drug-likeness (QED) is 0.351. The number of rotatable bonds is 6. The van der Waals surface area contributed by atoms with Crippen LogP contribution in [0.4, 0.5) is 0 Å². The van der Waals surface area contributed by atoms with Gasteiger partial charge < -0.3 is 0 Å². The molecule has 2 aliphatic carbocycles. The number of unbranched alkanes of at least 4 members (excludes halogenated alkanes) is 2.